The third-order valence-corrected chi connectivity index (χ3v) is 10.3. The smallest absolute Gasteiger partial charge is 0.404 e. The van der Waals surface area contributed by atoms with Gasteiger partial charge in [0.05, 0.1) is 0 Å². The summed E-state index contributed by atoms with van der Waals surface area (Å²) >= 11 is 0. The van der Waals surface area contributed by atoms with E-state index in [2.05, 4.69) is 9.97 Å². The molecule has 0 aliphatic carbocycles. The Bertz CT molecular complexity index is 2720. The summed E-state index contributed by atoms with van der Waals surface area (Å²) in [7, 11) is 0. The van der Waals surface area contributed by atoms with Crippen LogP contribution in [0, 0.1) is 23.5 Å². The Morgan fingerprint density at radius 1 is 0.517 bits per heavy atom. The summed E-state index contributed by atoms with van der Waals surface area (Å²) < 4.78 is 38.0. The van der Waals surface area contributed by atoms with E-state index >= 15 is 0 Å². The first-order valence-corrected chi connectivity index (χ1v) is 19.0. The number of cyclic esters (lactones) is 2. The van der Waals surface area contributed by atoms with Gasteiger partial charge in [0, 0.05) is 45.1 Å². The first kappa shape index (κ1) is 40.7. The maximum absolute atomic E-state index is 14.1. The Balaban J connectivity index is 0.000000181. The van der Waals surface area contributed by atoms with Gasteiger partial charge in [0.1, 0.15) is 11.6 Å². The molecule has 14 heteroatoms. The van der Waals surface area contributed by atoms with Crippen LogP contribution >= 0.6 is 0 Å². The number of aromatic nitrogens is 2. The average Bonchev–Trinajstić information content (AvgIpc) is 3.72. The third kappa shape index (κ3) is 8.53. The van der Waals surface area contributed by atoms with Gasteiger partial charge in [-0.1, -0.05) is 88.4 Å². The molecule has 4 aromatic carbocycles. The molecule has 2 atom stereocenters. The highest BCUT2D eigenvalue weighted by Crippen LogP contribution is 2.31. The molecule has 0 saturated carbocycles. The number of halogens is 2. The summed E-state index contributed by atoms with van der Waals surface area (Å²) in [5, 5.41) is 6.57. The van der Waals surface area contributed by atoms with Gasteiger partial charge in [0.15, 0.2) is 11.5 Å². The lowest BCUT2D eigenvalue weighted by molar-refractivity contribution is -0.117. The third-order valence-electron chi connectivity index (χ3n) is 10.3. The van der Waals surface area contributed by atoms with Crippen LogP contribution in [-0.2, 0) is 19.1 Å². The van der Waals surface area contributed by atoms with Gasteiger partial charge in [-0.3, -0.25) is 29.8 Å². The second-order valence-electron chi connectivity index (χ2n) is 15.0. The minimum absolute atomic E-state index is 0.0358. The largest absolute Gasteiger partial charge is 0.419 e. The Hall–Kier alpha value is -7.48. The van der Waals surface area contributed by atoms with Crippen molar-refractivity contribution < 1.29 is 37.4 Å². The predicted octanol–water partition coefficient (Wildman–Crippen LogP) is 8.45. The van der Waals surface area contributed by atoms with Crippen LogP contribution < -0.4 is 21.8 Å². The van der Waals surface area contributed by atoms with E-state index in [1.54, 1.807) is 60.7 Å². The van der Waals surface area contributed by atoms with Crippen LogP contribution in [0.4, 0.5) is 18.4 Å². The van der Waals surface area contributed by atoms with Crippen molar-refractivity contribution in [3.8, 4) is 22.5 Å². The number of rotatable bonds is 8. The molecule has 304 valence electrons. The highest BCUT2D eigenvalue weighted by molar-refractivity contribution is 6.08. The molecule has 0 bridgehead atoms. The summed E-state index contributed by atoms with van der Waals surface area (Å²) in [5.41, 5.74) is 2.67. The van der Waals surface area contributed by atoms with Crippen molar-refractivity contribution in [2.75, 3.05) is 0 Å². The number of hydrogen-bond donors (Lipinski definition) is 4. The second kappa shape index (κ2) is 16.8. The van der Waals surface area contributed by atoms with E-state index in [9.17, 15) is 37.5 Å². The number of aromatic amines is 2. The van der Waals surface area contributed by atoms with Crippen molar-refractivity contribution in [1.82, 2.24) is 20.6 Å². The van der Waals surface area contributed by atoms with Gasteiger partial charge in [-0.15, -0.1) is 0 Å². The first-order chi connectivity index (χ1) is 28.7. The number of pyridine rings is 2. The van der Waals surface area contributed by atoms with Gasteiger partial charge < -0.3 is 19.4 Å². The molecule has 2 aliphatic heterocycles. The Morgan fingerprint density at radius 3 is 1.25 bits per heavy atom. The number of allylic oxidation sites excluding steroid dienone is 2. The van der Waals surface area contributed by atoms with Crippen molar-refractivity contribution in [2.24, 2.45) is 11.8 Å². The van der Waals surface area contributed by atoms with Crippen molar-refractivity contribution >= 4 is 45.5 Å². The lowest BCUT2D eigenvalue weighted by Gasteiger charge is -2.17. The summed E-state index contributed by atoms with van der Waals surface area (Å²) in [6.45, 7) is 7.59. The van der Waals surface area contributed by atoms with E-state index < -0.39 is 35.8 Å². The monoisotopic (exact) mass is 812 g/mol. The lowest BCUT2D eigenvalue weighted by atomic mass is 9.88. The van der Waals surface area contributed by atoms with Crippen molar-refractivity contribution in [3.63, 3.8) is 0 Å². The Labute approximate surface area is 340 Å². The maximum atomic E-state index is 14.1. The molecule has 0 unspecified atom stereocenters. The molecule has 60 heavy (non-hydrogen) atoms. The van der Waals surface area contributed by atoms with Crippen LogP contribution in [0.5, 0.6) is 0 Å². The molecule has 0 radical (unpaired) electrons. The Kier molecular flexibility index (Phi) is 11.4. The number of nitrogens with one attached hydrogen (secondary N) is 4. The fourth-order valence-electron chi connectivity index (χ4n) is 7.12. The number of benzene rings is 4. The predicted molar refractivity (Wildman–Crippen MR) is 220 cm³/mol. The van der Waals surface area contributed by atoms with Gasteiger partial charge >= 0.3 is 12.2 Å². The van der Waals surface area contributed by atoms with Crippen LogP contribution in [0.3, 0.4) is 0 Å². The van der Waals surface area contributed by atoms with Crippen molar-refractivity contribution in [1.29, 1.82) is 0 Å². The van der Waals surface area contributed by atoms with E-state index in [1.165, 1.54) is 24.3 Å². The zero-order chi connectivity index (χ0) is 42.8. The fourth-order valence-corrected chi connectivity index (χ4v) is 7.12. The SMILES string of the molecule is CC(C)[C@@H](/C=C1\OC(=O)NC1=O)c1ccc(-c2ccc3cccc(F)c3c2)[nH]c1=O.CC(C)[C@H](/C=C1\OC(=O)NC1=O)c1ccc(-c2ccc3cccc(F)c3c2)[nH]c1=O. The molecule has 6 aromatic rings. The Morgan fingerprint density at radius 2 is 0.917 bits per heavy atom. The van der Waals surface area contributed by atoms with Gasteiger partial charge in [0.25, 0.3) is 22.9 Å². The number of H-pyrrole nitrogens is 2. The van der Waals surface area contributed by atoms with E-state index in [0.29, 0.717) is 44.4 Å². The first-order valence-electron chi connectivity index (χ1n) is 19.0. The number of fused-ring (bicyclic) bond motifs is 2. The van der Waals surface area contributed by atoms with Gasteiger partial charge in [-0.05, 0) is 82.3 Å². The number of imide groups is 2. The van der Waals surface area contributed by atoms with Gasteiger partial charge in [-0.25, -0.2) is 18.4 Å². The summed E-state index contributed by atoms with van der Waals surface area (Å²) in [5.74, 6) is -3.11. The minimum Gasteiger partial charge on any atom is -0.404 e. The number of carbonyl (C=O) groups is 4. The average molecular weight is 813 g/mol. The fraction of sp³-hybridized carbons (Fsp3) is 0.174. The number of carbonyl (C=O) groups excluding carboxylic acids is 4. The van der Waals surface area contributed by atoms with E-state index in [1.807, 2.05) is 62.6 Å². The van der Waals surface area contributed by atoms with E-state index in [4.69, 9.17) is 9.47 Å². The molecule has 0 spiro atoms. The molecular weight excluding hydrogens is 775 g/mol. The molecule has 4 heterocycles. The van der Waals surface area contributed by atoms with E-state index in [0.717, 1.165) is 10.8 Å². The standard InChI is InChI=1S/2C23H19FN2O4/c2*1-12(2)16(11-20-22(28)26-23(29)30-20)15-8-9-19(25-21(15)27)14-7-6-13-4-3-5-18(24)17(13)10-14/h2*3-12,16H,1-2H3,(H,25,27)(H,26,28,29)/b2*20-11-/t2*16-/m10/s1. The quantitative estimate of drug-likeness (QED) is 0.111. The molecule has 8 rings (SSSR count). The molecule has 4 N–H and O–H groups in total. The van der Waals surface area contributed by atoms with Crippen molar-refractivity contribution in [3.05, 3.63) is 164 Å². The second-order valence-corrected chi connectivity index (χ2v) is 15.0. The number of hydrogen-bond acceptors (Lipinski definition) is 8. The number of amides is 4. The number of alkyl carbamates (subject to hydrolysis) is 2. The van der Waals surface area contributed by atoms with Gasteiger partial charge in [0.2, 0.25) is 0 Å². The molecule has 2 aliphatic rings. The topological polar surface area (TPSA) is 177 Å². The highest BCUT2D eigenvalue weighted by Gasteiger charge is 2.30. The highest BCUT2D eigenvalue weighted by atomic mass is 19.1. The number of ether oxygens (including phenoxy) is 2. The summed E-state index contributed by atoms with van der Waals surface area (Å²) in [6, 6.07) is 27.2. The molecule has 2 aromatic heterocycles. The maximum Gasteiger partial charge on any atom is 0.419 e. The molecular formula is C46H38F2N4O8. The minimum atomic E-state index is -0.832. The molecule has 2 saturated heterocycles. The molecule has 12 nitrogen and oxygen atoms in total. The van der Waals surface area contributed by atoms with Gasteiger partial charge in [-0.2, -0.15) is 0 Å². The summed E-state index contributed by atoms with van der Waals surface area (Å²) in [6.07, 6.45) is 1.31. The molecule has 4 amide bonds. The van der Waals surface area contributed by atoms with Crippen molar-refractivity contribution in [2.45, 2.75) is 39.5 Å². The van der Waals surface area contributed by atoms with Crippen LogP contribution in [-0.4, -0.2) is 34.0 Å². The van der Waals surface area contributed by atoms with Crippen LogP contribution in [0.15, 0.2) is 130 Å². The summed E-state index contributed by atoms with van der Waals surface area (Å²) in [4.78, 5) is 77.4. The van der Waals surface area contributed by atoms with Crippen LogP contribution in [0.1, 0.15) is 50.7 Å². The van der Waals surface area contributed by atoms with E-state index in [-0.39, 0.29) is 46.1 Å². The zero-order valence-corrected chi connectivity index (χ0v) is 32.7. The zero-order valence-electron chi connectivity index (χ0n) is 32.7. The van der Waals surface area contributed by atoms with Crippen LogP contribution in [0.25, 0.3) is 44.1 Å². The normalized spacial score (nSPS) is 16.2. The van der Waals surface area contributed by atoms with Crippen LogP contribution in [0.2, 0.25) is 0 Å². The lowest BCUT2D eigenvalue weighted by Crippen LogP contribution is -2.21. The molecule has 2 fully saturated rings.